The van der Waals surface area contributed by atoms with E-state index in [9.17, 15) is 0 Å². The Labute approximate surface area is 76.5 Å². The van der Waals surface area contributed by atoms with Crippen molar-refractivity contribution < 1.29 is 4.59 Å². The van der Waals surface area contributed by atoms with Crippen molar-refractivity contribution >= 4 is 0 Å². The van der Waals surface area contributed by atoms with Gasteiger partial charge in [0.2, 0.25) is 0 Å². The fourth-order valence-electron chi connectivity index (χ4n) is 1.92. The minimum Gasteiger partial charge on any atom is -0.248 e. The van der Waals surface area contributed by atoms with Crippen LogP contribution in [0, 0.1) is 0 Å². The number of likely N-dealkylation sites (tertiary alicyclic amines) is 1. The summed E-state index contributed by atoms with van der Waals surface area (Å²) in [6.45, 7) is 6.11. The smallest absolute Gasteiger partial charge is 0.0962 e. The highest BCUT2D eigenvalue weighted by Crippen LogP contribution is 2.12. The van der Waals surface area contributed by atoms with Gasteiger partial charge in [0, 0.05) is 19.4 Å². The van der Waals surface area contributed by atoms with Crippen LogP contribution in [0.25, 0.3) is 0 Å². The van der Waals surface area contributed by atoms with Crippen molar-refractivity contribution in [1.29, 1.82) is 0 Å². The minimum atomic E-state index is 1.11. The van der Waals surface area contributed by atoms with Crippen LogP contribution in [0.15, 0.2) is 0 Å². The van der Waals surface area contributed by atoms with Gasteiger partial charge in [-0.25, -0.2) is 4.59 Å². The van der Waals surface area contributed by atoms with Gasteiger partial charge in [0.1, 0.15) is 0 Å². The molecular weight excluding hydrogens is 148 g/mol. The van der Waals surface area contributed by atoms with Crippen molar-refractivity contribution in [2.45, 2.75) is 39.0 Å². The van der Waals surface area contributed by atoms with Crippen LogP contribution in [-0.2, 0) is 0 Å². The minimum absolute atomic E-state index is 1.11. The Balaban J connectivity index is 2.05. The molecule has 0 aromatic rings. The number of rotatable bonds is 5. The van der Waals surface area contributed by atoms with E-state index in [0.717, 1.165) is 4.59 Å². The fraction of sp³-hybridized carbons (Fsp3) is 1.00. The lowest BCUT2D eigenvalue weighted by Gasteiger charge is -2.28. The van der Waals surface area contributed by atoms with E-state index in [1.54, 1.807) is 0 Å². The number of nitrogens with one attached hydrogen (secondary N) is 1. The predicted octanol–water partition coefficient (Wildman–Crippen LogP) is 1.92. The first kappa shape index (κ1) is 10.0. The van der Waals surface area contributed by atoms with E-state index in [4.69, 9.17) is 0 Å². The molecule has 0 amide bonds. The molecule has 0 unspecified atom stereocenters. The monoisotopic (exact) mass is 171 g/mol. The molecule has 0 aliphatic carbocycles. The molecule has 2 heteroatoms. The van der Waals surface area contributed by atoms with E-state index in [2.05, 4.69) is 19.4 Å². The Kier molecular flexibility index (Phi) is 4.02. The molecule has 1 heterocycles. The molecule has 0 spiro atoms. The summed E-state index contributed by atoms with van der Waals surface area (Å²) in [5, 5.41) is 0. The van der Waals surface area contributed by atoms with Gasteiger partial charge in [0.15, 0.2) is 0 Å². The standard InChI is InChI=1S/C10H23N2/c1-3-4-5-8-11-12(2)9-6-7-10-12/h11H,3-10H2,1-2H3/q+1. The summed E-state index contributed by atoms with van der Waals surface area (Å²) in [7, 11) is 2.32. The molecule has 1 rings (SSSR count). The maximum Gasteiger partial charge on any atom is 0.0962 e. The molecule has 1 fully saturated rings. The van der Waals surface area contributed by atoms with Crippen molar-refractivity contribution in [2.24, 2.45) is 0 Å². The molecule has 12 heavy (non-hydrogen) atoms. The fourth-order valence-corrected chi connectivity index (χ4v) is 1.92. The first-order valence-electron chi connectivity index (χ1n) is 5.36. The zero-order valence-electron chi connectivity index (χ0n) is 8.60. The second-order valence-electron chi connectivity index (χ2n) is 4.17. The maximum absolute atomic E-state index is 3.63. The summed E-state index contributed by atoms with van der Waals surface area (Å²) in [4.78, 5) is 0. The normalized spacial score (nSPS) is 21.5. The van der Waals surface area contributed by atoms with Gasteiger partial charge < -0.3 is 0 Å². The first-order valence-corrected chi connectivity index (χ1v) is 5.36. The third kappa shape index (κ3) is 3.11. The van der Waals surface area contributed by atoms with E-state index in [0.29, 0.717) is 0 Å². The summed E-state index contributed by atoms with van der Waals surface area (Å²) in [6, 6.07) is 0. The third-order valence-corrected chi connectivity index (χ3v) is 2.83. The maximum atomic E-state index is 3.63. The van der Waals surface area contributed by atoms with Gasteiger partial charge in [-0.2, -0.15) is 5.43 Å². The van der Waals surface area contributed by atoms with Gasteiger partial charge >= 0.3 is 0 Å². The predicted molar refractivity (Wildman–Crippen MR) is 52.7 cm³/mol. The van der Waals surface area contributed by atoms with Crippen molar-refractivity contribution in [1.82, 2.24) is 5.43 Å². The lowest BCUT2D eigenvalue weighted by atomic mass is 10.2. The van der Waals surface area contributed by atoms with Crippen LogP contribution in [0.4, 0.5) is 0 Å². The summed E-state index contributed by atoms with van der Waals surface area (Å²) in [6.07, 6.45) is 6.83. The highest BCUT2D eigenvalue weighted by Gasteiger charge is 2.25. The SMILES string of the molecule is CCCCCN[N+]1(C)CCCC1. The second-order valence-corrected chi connectivity index (χ2v) is 4.17. The number of hydrogen-bond donors (Lipinski definition) is 1. The largest absolute Gasteiger partial charge is 0.248 e. The van der Waals surface area contributed by atoms with Crippen molar-refractivity contribution in [3.8, 4) is 0 Å². The van der Waals surface area contributed by atoms with Crippen LogP contribution < -0.4 is 5.43 Å². The summed E-state index contributed by atoms with van der Waals surface area (Å²) >= 11 is 0. The Hall–Kier alpha value is -0.0800. The van der Waals surface area contributed by atoms with Crippen LogP contribution in [-0.4, -0.2) is 31.3 Å². The molecule has 72 valence electrons. The van der Waals surface area contributed by atoms with Gasteiger partial charge in [-0.15, -0.1) is 0 Å². The Bertz CT molecular complexity index is 117. The molecular formula is C10H23N2+. The first-order chi connectivity index (χ1) is 5.77. The van der Waals surface area contributed by atoms with Gasteiger partial charge in [0.05, 0.1) is 20.1 Å². The van der Waals surface area contributed by atoms with E-state index in [1.165, 1.54) is 51.7 Å². The van der Waals surface area contributed by atoms with E-state index in [1.807, 2.05) is 0 Å². The van der Waals surface area contributed by atoms with Crippen LogP contribution in [0.1, 0.15) is 39.0 Å². The molecule has 0 atom stereocenters. The summed E-state index contributed by atoms with van der Waals surface area (Å²) in [5.74, 6) is 0. The lowest BCUT2D eigenvalue weighted by molar-refractivity contribution is -0.941. The molecule has 1 N–H and O–H groups in total. The number of nitrogens with zero attached hydrogens (tertiary/aromatic N) is 1. The highest BCUT2D eigenvalue weighted by atomic mass is 15.6. The summed E-state index contributed by atoms with van der Waals surface area (Å²) < 4.78 is 1.11. The van der Waals surface area contributed by atoms with Gasteiger partial charge in [-0.1, -0.05) is 19.8 Å². The number of hydrogen-bond acceptors (Lipinski definition) is 1. The number of quaternary nitrogens is 1. The van der Waals surface area contributed by atoms with Crippen LogP contribution in [0.2, 0.25) is 0 Å². The number of unbranched alkanes of at least 4 members (excludes halogenated alkanes) is 2. The van der Waals surface area contributed by atoms with Crippen LogP contribution in [0.3, 0.4) is 0 Å². The van der Waals surface area contributed by atoms with Crippen molar-refractivity contribution in [3.05, 3.63) is 0 Å². The second kappa shape index (κ2) is 4.83. The Morgan fingerprint density at radius 2 is 1.83 bits per heavy atom. The van der Waals surface area contributed by atoms with Crippen molar-refractivity contribution in [2.75, 3.05) is 26.7 Å². The van der Waals surface area contributed by atoms with Gasteiger partial charge in [-0.3, -0.25) is 0 Å². The molecule has 0 radical (unpaired) electrons. The molecule has 0 aromatic heterocycles. The topological polar surface area (TPSA) is 12.0 Å². The average molecular weight is 171 g/mol. The molecule has 1 aliphatic rings. The van der Waals surface area contributed by atoms with Gasteiger partial charge in [-0.05, 0) is 6.42 Å². The molecule has 0 bridgehead atoms. The van der Waals surface area contributed by atoms with E-state index in [-0.39, 0.29) is 0 Å². The highest BCUT2D eigenvalue weighted by molar-refractivity contribution is 4.49. The van der Waals surface area contributed by atoms with E-state index < -0.39 is 0 Å². The zero-order chi connectivity index (χ0) is 8.86. The van der Waals surface area contributed by atoms with Crippen LogP contribution in [0.5, 0.6) is 0 Å². The molecule has 0 aromatic carbocycles. The molecule has 1 saturated heterocycles. The molecule has 2 nitrogen and oxygen atoms in total. The quantitative estimate of drug-likeness (QED) is 0.492. The molecule has 1 aliphatic heterocycles. The summed E-state index contributed by atoms with van der Waals surface area (Å²) in [5.41, 5.74) is 3.63. The zero-order valence-corrected chi connectivity index (χ0v) is 8.60. The Morgan fingerprint density at radius 3 is 2.42 bits per heavy atom. The van der Waals surface area contributed by atoms with Crippen molar-refractivity contribution in [3.63, 3.8) is 0 Å². The average Bonchev–Trinajstić information content (AvgIpc) is 2.47. The third-order valence-electron chi connectivity index (χ3n) is 2.83. The Morgan fingerprint density at radius 1 is 1.17 bits per heavy atom. The molecule has 0 saturated carbocycles. The van der Waals surface area contributed by atoms with Crippen LogP contribution >= 0.6 is 0 Å². The lowest BCUT2D eigenvalue weighted by Crippen LogP contribution is -2.52. The van der Waals surface area contributed by atoms with Gasteiger partial charge in [0.25, 0.3) is 0 Å². The van der Waals surface area contributed by atoms with E-state index >= 15 is 0 Å².